The third kappa shape index (κ3) is 3.47. The minimum absolute atomic E-state index is 0.285. The van der Waals surface area contributed by atoms with Crippen LogP contribution in [0.5, 0.6) is 11.5 Å². The predicted molar refractivity (Wildman–Crippen MR) is 73.1 cm³/mol. The summed E-state index contributed by atoms with van der Waals surface area (Å²) in [7, 11) is 1.54. The molecule has 0 aliphatic heterocycles. The van der Waals surface area contributed by atoms with E-state index in [0.29, 0.717) is 17.1 Å². The standard InChI is InChI=1S/C15H14FNO3/c1-19-14-7-4-12(9-17-18)8-15(14)20-10-11-2-5-13(16)6-3-11/h2-9,18H,10H2,1H3. The maximum absolute atomic E-state index is 12.8. The summed E-state index contributed by atoms with van der Waals surface area (Å²) in [6.07, 6.45) is 1.30. The SMILES string of the molecule is COc1ccc(C=NO)cc1OCc1ccc(F)cc1. The summed E-state index contributed by atoms with van der Waals surface area (Å²) in [4.78, 5) is 0. The van der Waals surface area contributed by atoms with Gasteiger partial charge in [0.2, 0.25) is 0 Å². The molecule has 2 aromatic rings. The number of benzene rings is 2. The molecule has 4 nitrogen and oxygen atoms in total. The molecule has 2 rings (SSSR count). The van der Waals surface area contributed by atoms with Crippen molar-refractivity contribution in [3.05, 3.63) is 59.4 Å². The topological polar surface area (TPSA) is 51.0 Å². The van der Waals surface area contributed by atoms with Gasteiger partial charge in [0.05, 0.1) is 13.3 Å². The van der Waals surface area contributed by atoms with Crippen LogP contribution in [-0.2, 0) is 6.61 Å². The van der Waals surface area contributed by atoms with Crippen LogP contribution in [0, 0.1) is 5.82 Å². The molecule has 20 heavy (non-hydrogen) atoms. The van der Waals surface area contributed by atoms with E-state index in [4.69, 9.17) is 14.7 Å². The second-order valence-corrected chi connectivity index (χ2v) is 4.07. The average Bonchev–Trinajstić information content (AvgIpc) is 2.47. The number of methoxy groups -OCH3 is 1. The summed E-state index contributed by atoms with van der Waals surface area (Å²) < 4.78 is 23.7. The summed E-state index contributed by atoms with van der Waals surface area (Å²) in [6, 6.07) is 11.2. The van der Waals surface area contributed by atoms with E-state index in [9.17, 15) is 4.39 Å². The lowest BCUT2D eigenvalue weighted by atomic mass is 10.2. The van der Waals surface area contributed by atoms with Crippen molar-refractivity contribution in [1.82, 2.24) is 0 Å². The molecule has 0 saturated carbocycles. The van der Waals surface area contributed by atoms with Gasteiger partial charge in [0.25, 0.3) is 0 Å². The molecule has 104 valence electrons. The van der Waals surface area contributed by atoms with Gasteiger partial charge in [-0.05, 0) is 35.9 Å². The van der Waals surface area contributed by atoms with E-state index in [1.54, 1.807) is 37.4 Å². The smallest absolute Gasteiger partial charge is 0.162 e. The number of ether oxygens (including phenoxy) is 2. The molecular formula is C15H14FNO3. The minimum atomic E-state index is -0.285. The maximum Gasteiger partial charge on any atom is 0.162 e. The minimum Gasteiger partial charge on any atom is -0.493 e. The lowest BCUT2D eigenvalue weighted by Crippen LogP contribution is -1.98. The molecule has 0 spiro atoms. The number of hydrogen-bond donors (Lipinski definition) is 1. The summed E-state index contributed by atoms with van der Waals surface area (Å²) in [5.41, 5.74) is 1.53. The Bertz CT molecular complexity index is 597. The third-order valence-electron chi connectivity index (χ3n) is 2.70. The number of nitrogens with zero attached hydrogens (tertiary/aromatic N) is 1. The molecule has 0 amide bonds. The zero-order chi connectivity index (χ0) is 14.4. The van der Waals surface area contributed by atoms with Crippen molar-refractivity contribution < 1.29 is 19.1 Å². The largest absolute Gasteiger partial charge is 0.493 e. The second kappa shape index (κ2) is 6.56. The Kier molecular flexibility index (Phi) is 4.55. The fourth-order valence-corrected chi connectivity index (χ4v) is 1.69. The van der Waals surface area contributed by atoms with E-state index >= 15 is 0 Å². The molecule has 0 aliphatic rings. The Morgan fingerprint density at radius 3 is 2.55 bits per heavy atom. The van der Waals surface area contributed by atoms with Gasteiger partial charge in [-0.3, -0.25) is 0 Å². The van der Waals surface area contributed by atoms with Gasteiger partial charge in [-0.2, -0.15) is 0 Å². The fourth-order valence-electron chi connectivity index (χ4n) is 1.69. The normalized spacial score (nSPS) is 10.7. The van der Waals surface area contributed by atoms with Gasteiger partial charge in [0.15, 0.2) is 11.5 Å². The molecule has 2 aromatic carbocycles. The maximum atomic E-state index is 12.8. The van der Waals surface area contributed by atoms with Crippen LogP contribution in [0.15, 0.2) is 47.6 Å². The number of oxime groups is 1. The molecule has 0 saturated heterocycles. The van der Waals surface area contributed by atoms with Crippen LogP contribution in [0.1, 0.15) is 11.1 Å². The van der Waals surface area contributed by atoms with Gasteiger partial charge in [-0.1, -0.05) is 17.3 Å². The molecule has 0 aromatic heterocycles. The van der Waals surface area contributed by atoms with Crippen LogP contribution in [0.25, 0.3) is 0 Å². The first kappa shape index (κ1) is 13.9. The number of halogens is 1. The van der Waals surface area contributed by atoms with E-state index in [2.05, 4.69) is 5.16 Å². The zero-order valence-electron chi connectivity index (χ0n) is 10.9. The first-order valence-electron chi connectivity index (χ1n) is 5.95. The van der Waals surface area contributed by atoms with Gasteiger partial charge >= 0.3 is 0 Å². The van der Waals surface area contributed by atoms with Gasteiger partial charge in [0, 0.05) is 5.56 Å². The van der Waals surface area contributed by atoms with Crippen LogP contribution < -0.4 is 9.47 Å². The Morgan fingerprint density at radius 1 is 1.15 bits per heavy atom. The van der Waals surface area contributed by atoms with Gasteiger partial charge in [0.1, 0.15) is 12.4 Å². The van der Waals surface area contributed by atoms with Crippen molar-refractivity contribution in [3.8, 4) is 11.5 Å². The van der Waals surface area contributed by atoms with Crippen LogP contribution in [0.3, 0.4) is 0 Å². The Morgan fingerprint density at radius 2 is 1.90 bits per heavy atom. The predicted octanol–water partition coefficient (Wildman–Crippen LogP) is 3.22. The van der Waals surface area contributed by atoms with Crippen molar-refractivity contribution in [1.29, 1.82) is 0 Å². The monoisotopic (exact) mass is 275 g/mol. The Hall–Kier alpha value is -2.56. The number of rotatable bonds is 5. The Labute approximate surface area is 116 Å². The molecule has 0 atom stereocenters. The molecule has 0 bridgehead atoms. The Balaban J connectivity index is 2.14. The van der Waals surface area contributed by atoms with E-state index in [-0.39, 0.29) is 12.4 Å². The highest BCUT2D eigenvalue weighted by molar-refractivity contribution is 5.80. The van der Waals surface area contributed by atoms with Crippen molar-refractivity contribution >= 4 is 6.21 Å². The molecule has 1 N–H and O–H groups in total. The molecule has 0 unspecified atom stereocenters. The second-order valence-electron chi connectivity index (χ2n) is 4.07. The highest BCUT2D eigenvalue weighted by atomic mass is 19.1. The fraction of sp³-hybridized carbons (Fsp3) is 0.133. The van der Waals surface area contributed by atoms with Gasteiger partial charge < -0.3 is 14.7 Å². The van der Waals surface area contributed by atoms with E-state index in [0.717, 1.165) is 5.56 Å². The van der Waals surface area contributed by atoms with Crippen molar-refractivity contribution in [2.24, 2.45) is 5.16 Å². The molecule has 0 heterocycles. The average molecular weight is 275 g/mol. The highest BCUT2D eigenvalue weighted by Crippen LogP contribution is 2.28. The zero-order valence-corrected chi connectivity index (χ0v) is 10.9. The summed E-state index contributed by atoms with van der Waals surface area (Å²) in [5, 5.41) is 11.5. The number of hydrogen-bond acceptors (Lipinski definition) is 4. The third-order valence-corrected chi connectivity index (χ3v) is 2.70. The van der Waals surface area contributed by atoms with Crippen molar-refractivity contribution in [3.63, 3.8) is 0 Å². The highest BCUT2D eigenvalue weighted by Gasteiger charge is 2.06. The summed E-state index contributed by atoms with van der Waals surface area (Å²) >= 11 is 0. The van der Waals surface area contributed by atoms with Crippen molar-refractivity contribution in [2.45, 2.75) is 6.61 Å². The van der Waals surface area contributed by atoms with E-state index in [1.807, 2.05) is 0 Å². The summed E-state index contributed by atoms with van der Waals surface area (Å²) in [6.45, 7) is 0.288. The first-order chi connectivity index (χ1) is 9.72. The first-order valence-corrected chi connectivity index (χ1v) is 5.95. The van der Waals surface area contributed by atoms with E-state index in [1.165, 1.54) is 18.3 Å². The van der Waals surface area contributed by atoms with Gasteiger partial charge in [-0.25, -0.2) is 4.39 Å². The lowest BCUT2D eigenvalue weighted by Gasteiger charge is -2.11. The van der Waals surface area contributed by atoms with Crippen LogP contribution >= 0.6 is 0 Å². The van der Waals surface area contributed by atoms with Crippen LogP contribution in [0.2, 0.25) is 0 Å². The van der Waals surface area contributed by atoms with Crippen LogP contribution in [-0.4, -0.2) is 18.5 Å². The molecule has 0 aliphatic carbocycles. The lowest BCUT2D eigenvalue weighted by molar-refractivity contribution is 0.284. The van der Waals surface area contributed by atoms with Crippen molar-refractivity contribution in [2.75, 3.05) is 7.11 Å². The molecule has 0 radical (unpaired) electrons. The molecular weight excluding hydrogens is 261 g/mol. The quantitative estimate of drug-likeness (QED) is 0.518. The van der Waals surface area contributed by atoms with Gasteiger partial charge in [-0.15, -0.1) is 0 Å². The summed E-state index contributed by atoms with van der Waals surface area (Å²) in [5.74, 6) is 0.809. The molecule has 5 heteroatoms. The molecule has 0 fully saturated rings. The van der Waals surface area contributed by atoms with E-state index < -0.39 is 0 Å². The van der Waals surface area contributed by atoms with Crippen LogP contribution in [0.4, 0.5) is 4.39 Å².